The summed E-state index contributed by atoms with van der Waals surface area (Å²) in [6.45, 7) is 5.45. The molecule has 116 valence electrons. The molecule has 0 aliphatic carbocycles. The van der Waals surface area contributed by atoms with Crippen LogP contribution in [0.3, 0.4) is 0 Å². The Kier molecular flexibility index (Phi) is 4.35. The summed E-state index contributed by atoms with van der Waals surface area (Å²) in [4.78, 5) is 11.7. The van der Waals surface area contributed by atoms with Gasteiger partial charge in [0.15, 0.2) is 11.6 Å². The lowest BCUT2D eigenvalue weighted by Crippen LogP contribution is -2.42. The number of carbonyl (C=O) groups is 1. The Bertz CT molecular complexity index is 679. The lowest BCUT2D eigenvalue weighted by molar-refractivity contribution is 0.191. The van der Waals surface area contributed by atoms with Gasteiger partial charge in [-0.05, 0) is 38.5 Å². The van der Waals surface area contributed by atoms with Gasteiger partial charge in [-0.15, -0.1) is 0 Å². The molecule has 4 nitrogen and oxygen atoms in total. The van der Waals surface area contributed by atoms with Crippen molar-refractivity contribution in [2.45, 2.75) is 26.3 Å². The lowest BCUT2D eigenvalue weighted by Gasteiger charge is -2.20. The average molecular weight is 302 g/mol. The molecule has 3 N–H and O–H groups in total. The number of nitrogens with two attached hydrogens (primary N) is 1. The van der Waals surface area contributed by atoms with E-state index in [4.69, 9.17) is 10.5 Å². The van der Waals surface area contributed by atoms with Crippen LogP contribution in [0.5, 0.6) is 5.75 Å². The van der Waals surface area contributed by atoms with E-state index < -0.39 is 17.4 Å². The van der Waals surface area contributed by atoms with Crippen LogP contribution >= 0.6 is 0 Å². The number of nitrogen functional groups attached to an aromatic ring is 1. The monoisotopic (exact) mass is 302 g/mol. The molecule has 0 spiro atoms. The number of ether oxygens (including phenoxy) is 1. The van der Waals surface area contributed by atoms with Crippen molar-refractivity contribution in [1.82, 2.24) is 5.32 Å². The second-order valence-electron chi connectivity index (χ2n) is 5.97. The standard InChI is InChI=1S/C17H19FN2O2/c1-17(2,3)20-16(21)22-13-10-9-12(14(18)15(13)19)11-7-5-4-6-8-11/h4-10H,19H2,1-3H3,(H,20,21). The highest BCUT2D eigenvalue weighted by molar-refractivity contribution is 5.77. The second-order valence-corrected chi connectivity index (χ2v) is 5.97. The van der Waals surface area contributed by atoms with Crippen LogP contribution in [-0.2, 0) is 0 Å². The smallest absolute Gasteiger partial charge is 0.408 e. The number of carbonyl (C=O) groups excluding carboxylic acids is 1. The van der Waals surface area contributed by atoms with Gasteiger partial charge in [0.05, 0.1) is 0 Å². The van der Waals surface area contributed by atoms with Crippen molar-refractivity contribution < 1.29 is 13.9 Å². The zero-order chi connectivity index (χ0) is 16.3. The van der Waals surface area contributed by atoms with Crippen LogP contribution in [0.15, 0.2) is 42.5 Å². The van der Waals surface area contributed by atoms with E-state index in [2.05, 4.69) is 5.32 Å². The van der Waals surface area contributed by atoms with E-state index in [1.807, 2.05) is 39.0 Å². The van der Waals surface area contributed by atoms with Crippen molar-refractivity contribution in [3.05, 3.63) is 48.3 Å². The predicted octanol–water partition coefficient (Wildman–Crippen LogP) is 3.96. The van der Waals surface area contributed by atoms with E-state index in [1.165, 1.54) is 6.07 Å². The first kappa shape index (κ1) is 15.8. The molecule has 0 atom stereocenters. The predicted molar refractivity (Wildman–Crippen MR) is 85.2 cm³/mol. The van der Waals surface area contributed by atoms with Crippen molar-refractivity contribution in [1.29, 1.82) is 0 Å². The highest BCUT2D eigenvalue weighted by Crippen LogP contribution is 2.32. The molecule has 2 rings (SSSR count). The zero-order valence-electron chi connectivity index (χ0n) is 12.8. The minimum atomic E-state index is -0.675. The lowest BCUT2D eigenvalue weighted by atomic mass is 10.0. The Morgan fingerprint density at radius 3 is 2.36 bits per heavy atom. The number of hydrogen-bond donors (Lipinski definition) is 2. The minimum absolute atomic E-state index is 0.000990. The molecule has 0 aliphatic rings. The van der Waals surface area contributed by atoms with E-state index >= 15 is 0 Å². The summed E-state index contributed by atoms with van der Waals surface area (Å²) in [5, 5.41) is 2.62. The summed E-state index contributed by atoms with van der Waals surface area (Å²) >= 11 is 0. The zero-order valence-corrected chi connectivity index (χ0v) is 12.8. The molecule has 0 bridgehead atoms. The molecule has 2 aromatic carbocycles. The topological polar surface area (TPSA) is 64.3 Å². The van der Waals surface area contributed by atoms with Crippen LogP contribution in [0, 0.1) is 5.82 Å². The minimum Gasteiger partial charge on any atom is -0.408 e. The second kappa shape index (κ2) is 6.05. The van der Waals surface area contributed by atoms with Crippen molar-refractivity contribution >= 4 is 11.8 Å². The molecule has 0 radical (unpaired) electrons. The molecule has 0 unspecified atom stereocenters. The molecular weight excluding hydrogens is 283 g/mol. The fourth-order valence-corrected chi connectivity index (χ4v) is 1.94. The van der Waals surface area contributed by atoms with Crippen molar-refractivity contribution in [3.63, 3.8) is 0 Å². The largest absolute Gasteiger partial charge is 0.413 e. The molecule has 0 aromatic heterocycles. The highest BCUT2D eigenvalue weighted by atomic mass is 19.1. The third-order valence-electron chi connectivity index (χ3n) is 2.90. The molecule has 0 aliphatic heterocycles. The molecule has 0 saturated heterocycles. The van der Waals surface area contributed by atoms with E-state index in [0.29, 0.717) is 11.1 Å². The Morgan fingerprint density at radius 1 is 1.14 bits per heavy atom. The van der Waals surface area contributed by atoms with Gasteiger partial charge in [-0.3, -0.25) is 0 Å². The fraction of sp³-hybridized carbons (Fsp3) is 0.235. The molecular formula is C17H19FN2O2. The van der Waals surface area contributed by atoms with Crippen molar-refractivity contribution in [3.8, 4) is 16.9 Å². The van der Waals surface area contributed by atoms with Gasteiger partial charge < -0.3 is 15.8 Å². The first-order valence-corrected chi connectivity index (χ1v) is 6.91. The molecule has 5 heteroatoms. The Balaban J connectivity index is 2.26. The van der Waals surface area contributed by atoms with E-state index in [1.54, 1.807) is 18.2 Å². The number of halogens is 1. The first-order valence-electron chi connectivity index (χ1n) is 6.91. The van der Waals surface area contributed by atoms with Crippen LogP contribution in [-0.4, -0.2) is 11.6 Å². The molecule has 0 heterocycles. The van der Waals surface area contributed by atoms with E-state index in [0.717, 1.165) is 0 Å². The maximum Gasteiger partial charge on any atom is 0.413 e. The van der Waals surface area contributed by atoms with Crippen LogP contribution < -0.4 is 15.8 Å². The SMILES string of the molecule is CC(C)(C)NC(=O)Oc1ccc(-c2ccccc2)c(F)c1N. The van der Waals surface area contributed by atoms with Gasteiger partial charge >= 0.3 is 6.09 Å². The normalized spacial score (nSPS) is 11.1. The van der Waals surface area contributed by atoms with Gasteiger partial charge in [-0.2, -0.15) is 0 Å². The van der Waals surface area contributed by atoms with E-state index in [-0.39, 0.29) is 11.4 Å². The van der Waals surface area contributed by atoms with Gasteiger partial charge in [0.25, 0.3) is 0 Å². The summed E-state index contributed by atoms with van der Waals surface area (Å²) in [5.74, 6) is -0.605. The summed E-state index contributed by atoms with van der Waals surface area (Å²) in [7, 11) is 0. The quantitative estimate of drug-likeness (QED) is 0.825. The van der Waals surface area contributed by atoms with Crippen LogP contribution in [0.1, 0.15) is 20.8 Å². The molecule has 0 saturated carbocycles. The number of benzene rings is 2. The summed E-state index contributed by atoms with van der Waals surface area (Å²) < 4.78 is 19.5. The third kappa shape index (κ3) is 3.75. The molecule has 22 heavy (non-hydrogen) atoms. The van der Waals surface area contributed by atoms with Crippen molar-refractivity contribution in [2.75, 3.05) is 5.73 Å². The average Bonchev–Trinajstić information content (AvgIpc) is 2.43. The molecule has 1 amide bonds. The Labute approximate surface area is 129 Å². The first-order chi connectivity index (χ1) is 10.3. The van der Waals surface area contributed by atoms with Crippen LogP contribution in [0.25, 0.3) is 11.1 Å². The van der Waals surface area contributed by atoms with Gasteiger partial charge in [0.2, 0.25) is 0 Å². The third-order valence-corrected chi connectivity index (χ3v) is 2.90. The highest BCUT2D eigenvalue weighted by Gasteiger charge is 2.18. The molecule has 2 aromatic rings. The Morgan fingerprint density at radius 2 is 1.77 bits per heavy atom. The summed E-state index contributed by atoms with van der Waals surface area (Å²) in [6, 6.07) is 12.1. The van der Waals surface area contributed by atoms with Gasteiger partial charge in [0.1, 0.15) is 5.69 Å². The fourth-order valence-electron chi connectivity index (χ4n) is 1.94. The maximum absolute atomic E-state index is 14.4. The van der Waals surface area contributed by atoms with Gasteiger partial charge in [-0.25, -0.2) is 9.18 Å². The summed E-state index contributed by atoms with van der Waals surface area (Å²) in [6.07, 6.45) is -0.675. The summed E-state index contributed by atoms with van der Waals surface area (Å²) in [5.41, 5.74) is 6.18. The number of anilines is 1. The van der Waals surface area contributed by atoms with Crippen LogP contribution in [0.2, 0.25) is 0 Å². The maximum atomic E-state index is 14.4. The number of nitrogens with one attached hydrogen (secondary N) is 1. The van der Waals surface area contributed by atoms with Crippen LogP contribution in [0.4, 0.5) is 14.9 Å². The van der Waals surface area contributed by atoms with Gasteiger partial charge in [0, 0.05) is 11.1 Å². The number of amides is 1. The number of hydrogen-bond acceptors (Lipinski definition) is 3. The Hall–Kier alpha value is -2.56. The van der Waals surface area contributed by atoms with E-state index in [9.17, 15) is 9.18 Å². The van der Waals surface area contributed by atoms with Crippen molar-refractivity contribution in [2.24, 2.45) is 0 Å². The van der Waals surface area contributed by atoms with Gasteiger partial charge in [-0.1, -0.05) is 30.3 Å². The number of rotatable bonds is 2. The molecule has 0 fully saturated rings.